The van der Waals surface area contributed by atoms with Gasteiger partial charge in [-0.05, 0) is 51.4 Å². The average molecular weight is 1050 g/mol. The van der Waals surface area contributed by atoms with Crippen molar-refractivity contribution in [2.24, 2.45) is 0 Å². The van der Waals surface area contributed by atoms with Gasteiger partial charge in [-0.3, -0.25) is 27.7 Å². The van der Waals surface area contributed by atoms with Crippen molar-refractivity contribution in [3.05, 3.63) is 48.6 Å². The van der Waals surface area contributed by atoms with Gasteiger partial charge < -0.3 is 49.3 Å². The predicted molar refractivity (Wildman–Crippen MR) is 261 cm³/mol. The summed E-state index contributed by atoms with van der Waals surface area (Å²) in [7, 11) is -16.6. The van der Waals surface area contributed by atoms with Crippen LogP contribution in [-0.2, 0) is 50.9 Å². The van der Waals surface area contributed by atoms with E-state index >= 15 is 0 Å². The highest BCUT2D eigenvalue weighted by atomic mass is 31.2. The highest BCUT2D eigenvalue weighted by Crippen LogP contribution is 2.51. The Kier molecular flexibility index (Phi) is 36.5. The molecule has 0 aliphatic heterocycles. The summed E-state index contributed by atoms with van der Waals surface area (Å²) in [6.07, 6.45) is 25.5. The largest absolute Gasteiger partial charge is 0.472 e. The summed E-state index contributed by atoms with van der Waals surface area (Å²) >= 11 is 0. The van der Waals surface area contributed by atoms with E-state index in [1.807, 2.05) is 0 Å². The van der Waals surface area contributed by atoms with Crippen LogP contribution in [0.2, 0.25) is 0 Å². The second-order valence-electron chi connectivity index (χ2n) is 17.4. The number of esters is 2. The van der Waals surface area contributed by atoms with E-state index in [0.29, 0.717) is 12.8 Å². The molecule has 402 valence electrons. The summed E-state index contributed by atoms with van der Waals surface area (Å²) in [4.78, 5) is 73.3. The number of hydrogen-bond donors (Lipinski definition) is 8. The van der Waals surface area contributed by atoms with E-state index in [2.05, 4.69) is 71.5 Å². The van der Waals surface area contributed by atoms with Crippen LogP contribution in [0.5, 0.6) is 0 Å². The quantitative estimate of drug-likeness (QED) is 0.0122. The smallest absolute Gasteiger partial charge is 0.462 e. The SMILES string of the molecule is CCC=CCC=CCC=CCC=CCCCCCCC(=O)OC[C@H](COP(=O)(O)O[C@H]1C(O)C(O)C(OP(=O)(O)O)[C@@H](OP(=O)(O)O)C1O)OC(=O)CCCCCCCCCCCCCCCCC. The molecule has 0 saturated heterocycles. The van der Waals surface area contributed by atoms with Gasteiger partial charge in [-0.25, -0.2) is 13.7 Å². The molecule has 1 saturated carbocycles. The Labute approximate surface area is 410 Å². The van der Waals surface area contributed by atoms with Crippen LogP contribution in [0, 0.1) is 0 Å². The highest BCUT2D eigenvalue weighted by molar-refractivity contribution is 7.47. The predicted octanol–water partition coefficient (Wildman–Crippen LogP) is 9.40. The lowest BCUT2D eigenvalue weighted by Crippen LogP contribution is -2.65. The fourth-order valence-corrected chi connectivity index (χ4v) is 9.55. The molecule has 0 aromatic carbocycles. The Bertz CT molecular complexity index is 1630. The third-order valence-electron chi connectivity index (χ3n) is 11.2. The topological polar surface area (TPSA) is 303 Å². The highest BCUT2D eigenvalue weighted by Gasteiger charge is 2.56. The monoisotopic (exact) mass is 1050 g/mol. The zero-order chi connectivity index (χ0) is 51.4. The number of aliphatic hydroxyl groups is 3. The van der Waals surface area contributed by atoms with Gasteiger partial charge in [0, 0.05) is 12.8 Å². The van der Waals surface area contributed by atoms with E-state index in [1.165, 1.54) is 57.8 Å². The molecule has 0 amide bonds. The van der Waals surface area contributed by atoms with Crippen LogP contribution in [0.25, 0.3) is 0 Å². The number of carbonyl (C=O) groups is 2. The molecule has 19 nitrogen and oxygen atoms in total. The lowest BCUT2D eigenvalue weighted by atomic mass is 9.85. The van der Waals surface area contributed by atoms with E-state index in [9.17, 15) is 63.1 Å². The minimum Gasteiger partial charge on any atom is -0.462 e. The van der Waals surface area contributed by atoms with Crippen molar-refractivity contribution < 1.29 is 90.6 Å². The number of carbonyl (C=O) groups excluding carboxylic acids is 2. The molecule has 5 unspecified atom stereocenters. The number of rotatable bonds is 42. The molecular formula is C47H85O19P3. The fourth-order valence-electron chi connectivity index (χ4n) is 7.46. The minimum absolute atomic E-state index is 0.00590. The van der Waals surface area contributed by atoms with Gasteiger partial charge in [-0.1, -0.05) is 165 Å². The van der Waals surface area contributed by atoms with Crippen molar-refractivity contribution in [3.63, 3.8) is 0 Å². The van der Waals surface area contributed by atoms with Gasteiger partial charge in [-0.15, -0.1) is 0 Å². The lowest BCUT2D eigenvalue weighted by molar-refractivity contribution is -0.213. The summed E-state index contributed by atoms with van der Waals surface area (Å²) in [6.45, 7) is 2.82. The Morgan fingerprint density at radius 2 is 0.884 bits per heavy atom. The lowest BCUT2D eigenvalue weighted by Gasteiger charge is -2.44. The molecule has 1 aliphatic rings. The summed E-state index contributed by atoms with van der Waals surface area (Å²) in [5.74, 6) is -1.32. The molecule has 69 heavy (non-hydrogen) atoms. The van der Waals surface area contributed by atoms with E-state index in [0.717, 1.165) is 83.5 Å². The molecule has 0 spiro atoms. The van der Waals surface area contributed by atoms with Crippen molar-refractivity contribution in [3.8, 4) is 0 Å². The van der Waals surface area contributed by atoms with Crippen LogP contribution in [0.3, 0.4) is 0 Å². The van der Waals surface area contributed by atoms with Gasteiger partial charge in [-0.2, -0.15) is 0 Å². The summed E-state index contributed by atoms with van der Waals surface area (Å²) in [5, 5.41) is 31.9. The summed E-state index contributed by atoms with van der Waals surface area (Å²) < 4.78 is 65.5. The van der Waals surface area contributed by atoms with E-state index in [4.69, 9.17) is 18.5 Å². The maximum absolute atomic E-state index is 13.1. The molecule has 1 rings (SSSR count). The van der Waals surface area contributed by atoms with Crippen LogP contribution < -0.4 is 0 Å². The van der Waals surface area contributed by atoms with Crippen LogP contribution in [0.1, 0.15) is 181 Å². The molecule has 1 aliphatic carbocycles. The minimum atomic E-state index is -5.60. The normalized spacial score (nSPS) is 21.7. The van der Waals surface area contributed by atoms with Gasteiger partial charge in [0.2, 0.25) is 0 Å². The second-order valence-corrected chi connectivity index (χ2v) is 21.2. The summed E-state index contributed by atoms with van der Waals surface area (Å²) in [6, 6.07) is 0. The van der Waals surface area contributed by atoms with Crippen LogP contribution in [0.15, 0.2) is 48.6 Å². The first-order valence-electron chi connectivity index (χ1n) is 24.9. The van der Waals surface area contributed by atoms with Crippen molar-refractivity contribution in [2.75, 3.05) is 13.2 Å². The fraction of sp³-hybridized carbons (Fsp3) is 0.787. The van der Waals surface area contributed by atoms with E-state index in [1.54, 1.807) is 0 Å². The van der Waals surface area contributed by atoms with Gasteiger partial charge >= 0.3 is 35.4 Å². The molecule has 0 aromatic rings. The molecule has 0 radical (unpaired) electrons. The van der Waals surface area contributed by atoms with Crippen molar-refractivity contribution in [1.29, 1.82) is 0 Å². The number of hydrogen-bond acceptors (Lipinski definition) is 14. The molecule has 0 aromatic heterocycles. The van der Waals surface area contributed by atoms with Gasteiger partial charge in [0.25, 0.3) is 0 Å². The number of unbranched alkanes of at least 4 members (excludes halogenated alkanes) is 18. The van der Waals surface area contributed by atoms with Crippen LogP contribution in [0.4, 0.5) is 0 Å². The van der Waals surface area contributed by atoms with Gasteiger partial charge in [0.1, 0.15) is 43.2 Å². The maximum atomic E-state index is 13.1. The van der Waals surface area contributed by atoms with Gasteiger partial charge in [0.15, 0.2) is 6.10 Å². The number of phosphoric ester groups is 3. The molecule has 8 atom stereocenters. The third-order valence-corrected chi connectivity index (χ3v) is 13.2. The van der Waals surface area contributed by atoms with Crippen molar-refractivity contribution >= 4 is 35.4 Å². The number of aliphatic hydroxyl groups excluding tert-OH is 3. The standard InChI is InChI=1S/C47H85O19P3/c1-3-5-7-9-11-13-15-17-19-20-22-23-25-27-29-31-33-35-40(48)61-37-39(63-41(49)36-34-32-30-28-26-24-21-18-16-14-12-10-8-6-4-2)38-62-69(59,60)66-45-42(50)43(51)46(64-67(53,54)55)47(44(45)52)65-68(56,57)58/h5,7,11,13,17,19,22-23,39,42-47,50-52H,3-4,6,8-10,12,14-16,18,20-21,24-38H2,1-2H3,(H,59,60)(H2,53,54,55)(H2,56,57,58)/t39-,42?,43?,44?,45+,46?,47+/m1/s1. The number of ether oxygens (including phenoxy) is 2. The van der Waals surface area contributed by atoms with Crippen LogP contribution >= 0.6 is 23.5 Å². The molecule has 1 fully saturated rings. The Hall–Kier alpha value is -1.89. The third kappa shape index (κ3) is 35.0. The van der Waals surface area contributed by atoms with E-state index in [-0.39, 0.29) is 12.8 Å². The first-order valence-corrected chi connectivity index (χ1v) is 29.5. The molecule has 22 heteroatoms. The zero-order valence-electron chi connectivity index (χ0n) is 40.9. The van der Waals surface area contributed by atoms with Crippen molar-refractivity contribution in [2.45, 2.75) is 224 Å². The maximum Gasteiger partial charge on any atom is 0.472 e. The molecule has 8 N–H and O–H groups in total. The zero-order valence-corrected chi connectivity index (χ0v) is 43.6. The first-order chi connectivity index (χ1) is 32.8. The second kappa shape index (κ2) is 38.7. The average Bonchev–Trinajstić information content (AvgIpc) is 3.28. The first kappa shape index (κ1) is 65.1. The van der Waals surface area contributed by atoms with Crippen LogP contribution in [-0.4, -0.2) is 108 Å². The molecular weight excluding hydrogens is 961 g/mol. The Morgan fingerprint density at radius 1 is 0.478 bits per heavy atom. The molecule has 0 heterocycles. The summed E-state index contributed by atoms with van der Waals surface area (Å²) in [5.41, 5.74) is 0. The van der Waals surface area contributed by atoms with Crippen molar-refractivity contribution in [1.82, 2.24) is 0 Å². The Morgan fingerprint density at radius 3 is 1.36 bits per heavy atom. The van der Waals surface area contributed by atoms with E-state index < -0.39 is 91.3 Å². The number of allylic oxidation sites excluding steroid dienone is 8. The number of phosphoric acid groups is 3. The van der Waals surface area contributed by atoms with Gasteiger partial charge in [0.05, 0.1) is 6.61 Å². The molecule has 0 bridgehead atoms. The Balaban J connectivity index is 2.72.